The summed E-state index contributed by atoms with van der Waals surface area (Å²) in [5.74, 6) is 0.772. The van der Waals surface area contributed by atoms with E-state index in [1.54, 1.807) is 6.07 Å². The highest BCUT2D eigenvalue weighted by atomic mass is 32.1. The molecular formula is C27H23N3O3S. The molecule has 2 aromatic heterocycles. The number of fused-ring (bicyclic) bond motifs is 2. The molecule has 0 bridgehead atoms. The highest BCUT2D eigenvalue weighted by molar-refractivity contribution is 7.80. The zero-order valence-electron chi connectivity index (χ0n) is 18.8. The highest BCUT2D eigenvalue weighted by Crippen LogP contribution is 2.29. The molecule has 0 unspecified atom stereocenters. The molecule has 0 radical (unpaired) electrons. The van der Waals surface area contributed by atoms with Crippen LogP contribution in [0.4, 0.5) is 5.69 Å². The molecule has 0 aliphatic heterocycles. The maximum Gasteiger partial charge on any atom is 0.293 e. The van der Waals surface area contributed by atoms with Crippen molar-refractivity contribution >= 4 is 51.0 Å². The predicted molar refractivity (Wildman–Crippen MR) is 138 cm³/mol. The number of furan rings is 1. The first-order chi connectivity index (χ1) is 16.5. The fourth-order valence-corrected chi connectivity index (χ4v) is 3.97. The van der Waals surface area contributed by atoms with Crippen LogP contribution in [0.2, 0.25) is 0 Å². The molecule has 1 amide bonds. The van der Waals surface area contributed by atoms with Gasteiger partial charge in [-0.3, -0.25) is 10.1 Å². The lowest BCUT2D eigenvalue weighted by Crippen LogP contribution is -2.33. The van der Waals surface area contributed by atoms with Gasteiger partial charge in [-0.15, -0.1) is 0 Å². The van der Waals surface area contributed by atoms with Crippen molar-refractivity contribution in [2.75, 3.05) is 5.32 Å². The van der Waals surface area contributed by atoms with Gasteiger partial charge in [0.15, 0.2) is 16.5 Å². The summed E-state index contributed by atoms with van der Waals surface area (Å²) in [6, 6.07) is 22.8. The van der Waals surface area contributed by atoms with E-state index in [1.165, 1.54) is 5.56 Å². The molecule has 3 aromatic carbocycles. The average molecular weight is 470 g/mol. The summed E-state index contributed by atoms with van der Waals surface area (Å²) in [6.07, 6.45) is 1.07. The highest BCUT2D eigenvalue weighted by Gasteiger charge is 2.15. The second kappa shape index (κ2) is 9.11. The fraction of sp³-hybridized carbons (Fsp3) is 0.148. The van der Waals surface area contributed by atoms with Gasteiger partial charge in [0, 0.05) is 16.6 Å². The Morgan fingerprint density at radius 2 is 1.85 bits per heavy atom. The molecule has 0 saturated heterocycles. The third kappa shape index (κ3) is 4.43. The van der Waals surface area contributed by atoms with Gasteiger partial charge in [0.1, 0.15) is 11.1 Å². The van der Waals surface area contributed by atoms with Crippen molar-refractivity contribution in [2.24, 2.45) is 0 Å². The van der Waals surface area contributed by atoms with Gasteiger partial charge in [0.2, 0.25) is 5.89 Å². The maximum absolute atomic E-state index is 12.5. The molecular weight excluding hydrogens is 446 g/mol. The Bertz CT molecular complexity index is 1490. The second-order valence-electron chi connectivity index (χ2n) is 8.19. The van der Waals surface area contributed by atoms with Gasteiger partial charge in [0.05, 0.1) is 0 Å². The van der Waals surface area contributed by atoms with Crippen LogP contribution in [0.5, 0.6) is 0 Å². The first-order valence-corrected chi connectivity index (χ1v) is 11.5. The lowest BCUT2D eigenvalue weighted by molar-refractivity contribution is 0.0953. The van der Waals surface area contributed by atoms with E-state index in [0.717, 1.165) is 28.5 Å². The molecule has 0 aliphatic rings. The smallest absolute Gasteiger partial charge is 0.293 e. The molecule has 7 heteroatoms. The van der Waals surface area contributed by atoms with Crippen LogP contribution in [0, 0.1) is 0 Å². The molecule has 1 atom stereocenters. The lowest BCUT2D eigenvalue weighted by Gasteiger charge is -2.09. The number of oxazole rings is 1. The van der Waals surface area contributed by atoms with Crippen LogP contribution in [0.1, 0.15) is 42.3 Å². The number of para-hydroxylation sites is 1. The van der Waals surface area contributed by atoms with E-state index in [0.29, 0.717) is 23.1 Å². The van der Waals surface area contributed by atoms with E-state index in [-0.39, 0.29) is 10.9 Å². The van der Waals surface area contributed by atoms with E-state index in [2.05, 4.69) is 41.6 Å². The summed E-state index contributed by atoms with van der Waals surface area (Å²) in [7, 11) is 0. The minimum atomic E-state index is -0.416. The van der Waals surface area contributed by atoms with E-state index < -0.39 is 5.91 Å². The molecule has 0 spiro atoms. The maximum atomic E-state index is 12.5. The van der Waals surface area contributed by atoms with E-state index in [1.807, 2.05) is 54.6 Å². The Morgan fingerprint density at radius 1 is 1.00 bits per heavy atom. The largest absolute Gasteiger partial charge is 0.451 e. The number of thiocarbonyl (C=S) groups is 1. The number of benzene rings is 3. The number of hydrogen-bond donors (Lipinski definition) is 2. The van der Waals surface area contributed by atoms with Gasteiger partial charge in [-0.05, 0) is 72.6 Å². The Hall–Kier alpha value is -3.97. The van der Waals surface area contributed by atoms with Crippen molar-refractivity contribution in [1.82, 2.24) is 10.3 Å². The quantitative estimate of drug-likeness (QED) is 0.273. The predicted octanol–water partition coefficient (Wildman–Crippen LogP) is 6.88. The Morgan fingerprint density at radius 3 is 2.68 bits per heavy atom. The van der Waals surface area contributed by atoms with Gasteiger partial charge in [-0.25, -0.2) is 4.98 Å². The summed E-state index contributed by atoms with van der Waals surface area (Å²) >= 11 is 5.33. The van der Waals surface area contributed by atoms with Crippen LogP contribution in [-0.4, -0.2) is 16.0 Å². The SMILES string of the molecule is CC[C@@H](C)c1ccc2oc(-c3cccc(NC(=S)NC(=O)c4cc5ccccc5o4)c3)nc2c1. The van der Waals surface area contributed by atoms with Gasteiger partial charge in [0.25, 0.3) is 5.91 Å². The van der Waals surface area contributed by atoms with Crippen LogP contribution in [-0.2, 0) is 0 Å². The third-order valence-corrected chi connectivity index (χ3v) is 6.04. The van der Waals surface area contributed by atoms with E-state index in [9.17, 15) is 4.79 Å². The third-order valence-electron chi connectivity index (χ3n) is 5.84. The first-order valence-electron chi connectivity index (χ1n) is 11.1. The van der Waals surface area contributed by atoms with Crippen molar-refractivity contribution in [3.63, 3.8) is 0 Å². The molecule has 0 fully saturated rings. The number of aromatic nitrogens is 1. The Labute approximate surface area is 202 Å². The van der Waals surface area contributed by atoms with Crippen LogP contribution < -0.4 is 10.6 Å². The van der Waals surface area contributed by atoms with Gasteiger partial charge in [-0.1, -0.05) is 44.2 Å². The van der Waals surface area contributed by atoms with Crippen molar-refractivity contribution in [3.05, 3.63) is 84.1 Å². The summed E-state index contributed by atoms with van der Waals surface area (Å²) < 4.78 is 11.6. The first kappa shape index (κ1) is 21.9. The Kier molecular flexibility index (Phi) is 5.86. The number of amides is 1. The number of carbonyl (C=O) groups excluding carboxylic acids is 1. The normalized spacial score (nSPS) is 12.1. The van der Waals surface area contributed by atoms with E-state index >= 15 is 0 Å². The zero-order chi connectivity index (χ0) is 23.7. The molecule has 2 heterocycles. The fourth-order valence-electron chi connectivity index (χ4n) is 3.76. The Balaban J connectivity index is 1.30. The molecule has 0 aliphatic carbocycles. The summed E-state index contributed by atoms with van der Waals surface area (Å²) in [5.41, 5.74) is 4.98. The molecule has 170 valence electrons. The lowest BCUT2D eigenvalue weighted by atomic mass is 9.98. The summed E-state index contributed by atoms with van der Waals surface area (Å²) in [4.78, 5) is 17.2. The minimum absolute atomic E-state index is 0.165. The molecule has 5 rings (SSSR count). The minimum Gasteiger partial charge on any atom is -0.451 e. The number of rotatable bonds is 5. The second-order valence-corrected chi connectivity index (χ2v) is 8.60. The van der Waals surface area contributed by atoms with Crippen molar-refractivity contribution < 1.29 is 13.6 Å². The molecule has 6 nitrogen and oxygen atoms in total. The summed E-state index contributed by atoms with van der Waals surface area (Å²) in [6.45, 7) is 4.37. The van der Waals surface area contributed by atoms with Crippen LogP contribution in [0.3, 0.4) is 0 Å². The van der Waals surface area contributed by atoms with Crippen molar-refractivity contribution in [1.29, 1.82) is 0 Å². The molecule has 5 aromatic rings. The zero-order valence-corrected chi connectivity index (χ0v) is 19.6. The van der Waals surface area contributed by atoms with Gasteiger partial charge < -0.3 is 14.2 Å². The molecule has 34 heavy (non-hydrogen) atoms. The molecule has 2 N–H and O–H groups in total. The van der Waals surface area contributed by atoms with Crippen molar-refractivity contribution in [3.8, 4) is 11.5 Å². The van der Waals surface area contributed by atoms with Gasteiger partial charge in [-0.2, -0.15) is 0 Å². The average Bonchev–Trinajstić information content (AvgIpc) is 3.47. The number of hydrogen-bond acceptors (Lipinski definition) is 5. The number of nitrogens with one attached hydrogen (secondary N) is 2. The van der Waals surface area contributed by atoms with Crippen LogP contribution in [0.25, 0.3) is 33.5 Å². The van der Waals surface area contributed by atoms with Gasteiger partial charge >= 0.3 is 0 Å². The monoisotopic (exact) mass is 469 g/mol. The van der Waals surface area contributed by atoms with E-state index in [4.69, 9.17) is 21.1 Å². The number of anilines is 1. The standard InChI is InChI=1S/C27H23N3O3S/c1-3-16(2)17-11-12-23-21(14-17)29-26(33-23)19-8-6-9-20(13-19)28-27(34)30-25(31)24-15-18-7-4-5-10-22(18)32-24/h4-16H,3H2,1-2H3,(H2,28,30,31,34)/t16-/m1/s1. The van der Waals surface area contributed by atoms with Crippen LogP contribution in [0.15, 0.2) is 81.6 Å². The number of nitrogens with zero attached hydrogens (tertiary/aromatic N) is 1. The number of carbonyl (C=O) groups is 1. The topological polar surface area (TPSA) is 80.3 Å². The van der Waals surface area contributed by atoms with Crippen molar-refractivity contribution in [2.45, 2.75) is 26.2 Å². The molecule has 0 saturated carbocycles. The summed E-state index contributed by atoms with van der Waals surface area (Å²) in [5, 5.41) is 6.72. The van der Waals surface area contributed by atoms with Crippen LogP contribution >= 0.6 is 12.2 Å².